The number of amides is 1. The van der Waals surface area contributed by atoms with Gasteiger partial charge in [-0.1, -0.05) is 30.3 Å². The summed E-state index contributed by atoms with van der Waals surface area (Å²) in [5.74, 6) is -0.156. The first kappa shape index (κ1) is 19.2. The SMILES string of the molecule is O=C(c1cnn2c1N[C@H](c1cccs1)C[C@H]2C(F)(F)F)N1CCc2ccccc2C1. The van der Waals surface area contributed by atoms with Gasteiger partial charge in [0.1, 0.15) is 11.4 Å². The summed E-state index contributed by atoms with van der Waals surface area (Å²) >= 11 is 1.40. The normalized spacial score (nSPS) is 21.0. The fourth-order valence-corrected chi connectivity index (χ4v) is 5.03. The second kappa shape index (κ2) is 7.16. The molecule has 2 aliphatic rings. The minimum atomic E-state index is -4.46. The molecule has 0 fully saturated rings. The van der Waals surface area contributed by atoms with Crippen molar-refractivity contribution in [2.45, 2.75) is 37.6 Å². The largest absolute Gasteiger partial charge is 0.410 e. The number of halogens is 3. The van der Waals surface area contributed by atoms with Crippen LogP contribution in [-0.2, 0) is 13.0 Å². The van der Waals surface area contributed by atoms with E-state index < -0.39 is 18.3 Å². The van der Waals surface area contributed by atoms with E-state index in [-0.39, 0.29) is 23.7 Å². The van der Waals surface area contributed by atoms with Crippen LogP contribution in [0, 0.1) is 0 Å². The molecule has 0 radical (unpaired) electrons. The van der Waals surface area contributed by atoms with Gasteiger partial charge in [0, 0.05) is 24.4 Å². The first-order chi connectivity index (χ1) is 14.4. The van der Waals surface area contributed by atoms with Crippen LogP contribution in [-0.4, -0.2) is 33.3 Å². The minimum absolute atomic E-state index is 0.144. The molecule has 1 amide bonds. The Bertz CT molecular complexity index is 1080. The van der Waals surface area contributed by atoms with E-state index in [1.807, 2.05) is 41.8 Å². The van der Waals surface area contributed by atoms with Crippen LogP contribution in [0.4, 0.5) is 19.0 Å². The summed E-state index contributed by atoms with van der Waals surface area (Å²) in [6.45, 7) is 0.966. The highest BCUT2D eigenvalue weighted by Gasteiger charge is 2.47. The molecule has 30 heavy (non-hydrogen) atoms. The van der Waals surface area contributed by atoms with Crippen molar-refractivity contribution in [2.75, 3.05) is 11.9 Å². The predicted octanol–water partition coefficient (Wildman–Crippen LogP) is 4.80. The van der Waals surface area contributed by atoms with Crippen LogP contribution in [0.15, 0.2) is 48.0 Å². The Hall–Kier alpha value is -2.81. The molecule has 0 bridgehead atoms. The van der Waals surface area contributed by atoms with Gasteiger partial charge in [0.05, 0.1) is 12.2 Å². The van der Waals surface area contributed by atoms with Crippen molar-refractivity contribution in [3.05, 3.63) is 69.5 Å². The number of carbonyl (C=O) groups excluding carboxylic acids is 1. The van der Waals surface area contributed by atoms with Crippen LogP contribution in [0.3, 0.4) is 0 Å². The maximum absolute atomic E-state index is 13.8. The fraction of sp³-hybridized carbons (Fsp3) is 0.333. The van der Waals surface area contributed by atoms with Gasteiger partial charge in [0.15, 0.2) is 6.04 Å². The first-order valence-electron chi connectivity index (χ1n) is 9.72. The number of rotatable bonds is 2. The Morgan fingerprint density at radius 3 is 2.70 bits per heavy atom. The molecule has 1 N–H and O–H groups in total. The number of nitrogens with zero attached hydrogens (tertiary/aromatic N) is 3. The molecule has 2 aliphatic heterocycles. The lowest BCUT2D eigenvalue weighted by atomic mass is 9.99. The molecule has 1 aromatic carbocycles. The Labute approximate surface area is 175 Å². The van der Waals surface area contributed by atoms with Gasteiger partial charge in [-0.05, 0) is 29.0 Å². The number of hydrogen-bond donors (Lipinski definition) is 1. The van der Waals surface area contributed by atoms with Gasteiger partial charge in [-0.25, -0.2) is 4.68 Å². The Morgan fingerprint density at radius 1 is 1.17 bits per heavy atom. The standard InChI is InChI=1S/C21H19F3N4OS/c22-21(23,24)18-10-16(17-6-3-9-30-17)26-19-15(11-25-28(18)19)20(29)27-8-7-13-4-1-2-5-14(13)12-27/h1-6,9,11,16,18,26H,7-8,10,12H2/t16-,18-/m0/s1. The third kappa shape index (κ3) is 3.27. The number of fused-ring (bicyclic) bond motifs is 2. The summed E-state index contributed by atoms with van der Waals surface area (Å²) in [5, 5.41) is 8.96. The van der Waals surface area contributed by atoms with E-state index in [9.17, 15) is 18.0 Å². The van der Waals surface area contributed by atoms with Crippen LogP contribution >= 0.6 is 11.3 Å². The monoisotopic (exact) mass is 432 g/mol. The van der Waals surface area contributed by atoms with E-state index in [1.165, 1.54) is 23.1 Å². The van der Waals surface area contributed by atoms with Gasteiger partial charge < -0.3 is 10.2 Å². The number of alkyl halides is 3. The van der Waals surface area contributed by atoms with Crippen molar-refractivity contribution >= 4 is 23.1 Å². The van der Waals surface area contributed by atoms with Gasteiger partial charge in [-0.2, -0.15) is 18.3 Å². The zero-order chi connectivity index (χ0) is 20.9. The van der Waals surface area contributed by atoms with Crippen molar-refractivity contribution in [3.8, 4) is 0 Å². The van der Waals surface area contributed by atoms with E-state index in [4.69, 9.17) is 0 Å². The lowest BCUT2D eigenvalue weighted by Crippen LogP contribution is -2.38. The smallest absolute Gasteiger partial charge is 0.362 e. The van der Waals surface area contributed by atoms with E-state index in [1.54, 1.807) is 4.90 Å². The Morgan fingerprint density at radius 2 is 1.97 bits per heavy atom. The molecule has 3 aromatic rings. The quantitative estimate of drug-likeness (QED) is 0.633. The van der Waals surface area contributed by atoms with Crippen molar-refractivity contribution in [3.63, 3.8) is 0 Å². The van der Waals surface area contributed by atoms with Gasteiger partial charge in [0.25, 0.3) is 5.91 Å². The second-order valence-corrected chi connectivity index (χ2v) is 8.58. The summed E-state index contributed by atoms with van der Waals surface area (Å²) in [4.78, 5) is 15.7. The molecule has 9 heteroatoms. The Kier molecular flexibility index (Phi) is 4.57. The van der Waals surface area contributed by atoms with Crippen molar-refractivity contribution < 1.29 is 18.0 Å². The lowest BCUT2D eigenvalue weighted by molar-refractivity contribution is -0.173. The number of aromatic nitrogens is 2. The fourth-order valence-electron chi connectivity index (χ4n) is 4.23. The van der Waals surface area contributed by atoms with Crippen LogP contribution in [0.25, 0.3) is 0 Å². The molecule has 4 heterocycles. The highest BCUT2D eigenvalue weighted by atomic mass is 32.1. The summed E-state index contributed by atoms with van der Waals surface area (Å²) < 4.78 is 42.3. The number of thiophene rings is 1. The maximum Gasteiger partial charge on any atom is 0.410 e. The highest BCUT2D eigenvalue weighted by Crippen LogP contribution is 2.45. The van der Waals surface area contributed by atoms with Crippen LogP contribution in [0.1, 0.15) is 44.9 Å². The first-order valence-corrected chi connectivity index (χ1v) is 10.6. The third-order valence-electron chi connectivity index (χ3n) is 5.77. The topological polar surface area (TPSA) is 50.2 Å². The van der Waals surface area contributed by atoms with Crippen molar-refractivity contribution in [1.29, 1.82) is 0 Å². The summed E-state index contributed by atoms with van der Waals surface area (Å²) in [5.41, 5.74) is 2.45. The number of benzene rings is 1. The molecule has 5 nitrogen and oxygen atoms in total. The maximum atomic E-state index is 13.8. The van der Waals surface area contributed by atoms with Crippen molar-refractivity contribution in [1.82, 2.24) is 14.7 Å². The molecule has 0 aliphatic carbocycles. The van der Waals surface area contributed by atoms with Gasteiger partial charge in [-0.15, -0.1) is 11.3 Å². The molecular weight excluding hydrogens is 413 g/mol. The van der Waals surface area contributed by atoms with Crippen LogP contribution in [0.5, 0.6) is 0 Å². The lowest BCUT2D eigenvalue weighted by Gasteiger charge is -2.34. The number of carbonyl (C=O) groups is 1. The molecular formula is C21H19F3N4OS. The number of hydrogen-bond acceptors (Lipinski definition) is 4. The number of anilines is 1. The average Bonchev–Trinajstić information content (AvgIpc) is 3.41. The van der Waals surface area contributed by atoms with Crippen LogP contribution in [0.2, 0.25) is 0 Å². The molecule has 156 valence electrons. The van der Waals surface area contributed by atoms with Crippen molar-refractivity contribution in [2.24, 2.45) is 0 Å². The summed E-state index contributed by atoms with van der Waals surface area (Å²) in [7, 11) is 0. The van der Waals surface area contributed by atoms with E-state index in [0.717, 1.165) is 21.5 Å². The van der Waals surface area contributed by atoms with E-state index in [2.05, 4.69) is 10.4 Å². The highest BCUT2D eigenvalue weighted by molar-refractivity contribution is 7.10. The molecule has 0 saturated carbocycles. The van der Waals surface area contributed by atoms with Gasteiger partial charge in [0.2, 0.25) is 0 Å². The summed E-state index contributed by atoms with van der Waals surface area (Å²) in [6, 6.07) is 9.25. The molecule has 2 aromatic heterocycles. The second-order valence-electron chi connectivity index (χ2n) is 7.60. The van der Waals surface area contributed by atoms with Gasteiger partial charge >= 0.3 is 6.18 Å². The third-order valence-corrected chi connectivity index (χ3v) is 6.76. The van der Waals surface area contributed by atoms with Crippen LogP contribution < -0.4 is 5.32 Å². The Balaban J connectivity index is 1.48. The zero-order valence-electron chi connectivity index (χ0n) is 15.9. The molecule has 0 spiro atoms. The summed E-state index contributed by atoms with van der Waals surface area (Å²) in [6.07, 6.45) is -2.63. The minimum Gasteiger partial charge on any atom is -0.362 e. The molecule has 5 rings (SSSR count). The molecule has 2 atom stereocenters. The van der Waals surface area contributed by atoms with E-state index >= 15 is 0 Å². The van der Waals surface area contributed by atoms with Gasteiger partial charge in [-0.3, -0.25) is 4.79 Å². The van der Waals surface area contributed by atoms with E-state index in [0.29, 0.717) is 13.1 Å². The predicted molar refractivity (Wildman–Crippen MR) is 108 cm³/mol. The number of nitrogens with one attached hydrogen (secondary N) is 1. The zero-order valence-corrected chi connectivity index (χ0v) is 16.7. The molecule has 0 saturated heterocycles. The average molecular weight is 432 g/mol. The molecule has 0 unspecified atom stereocenters.